The van der Waals surface area contributed by atoms with Crippen molar-refractivity contribution < 1.29 is 14.2 Å². The van der Waals surface area contributed by atoms with E-state index in [4.69, 9.17) is 14.2 Å². The number of hydrogen-bond acceptors (Lipinski definition) is 3. The molecule has 0 radical (unpaired) electrons. The van der Waals surface area contributed by atoms with Gasteiger partial charge in [-0.1, -0.05) is 84.4 Å². The van der Waals surface area contributed by atoms with Crippen LogP contribution in [0.5, 0.6) is 17.2 Å². The Labute approximate surface area is 219 Å². The molecule has 0 N–H and O–H groups in total. The van der Waals surface area contributed by atoms with Gasteiger partial charge in [0, 0.05) is 11.5 Å². The highest BCUT2D eigenvalue weighted by Crippen LogP contribution is 2.56. The van der Waals surface area contributed by atoms with E-state index >= 15 is 0 Å². The van der Waals surface area contributed by atoms with Crippen LogP contribution in [0.3, 0.4) is 0 Å². The highest BCUT2D eigenvalue weighted by atomic mass is 16.5. The predicted octanol–water partition coefficient (Wildman–Crippen LogP) is 8.42. The zero-order valence-corrected chi connectivity index (χ0v) is 21.2. The molecule has 0 saturated heterocycles. The standard InChI is InChI=1S/C34H32O3/c1-2-24-19-30-31-21-29(36-23-26-11-7-4-8-12-26)17-18-33(31)37-34(32(30)20-24)27-13-15-28(16-14-27)35-22-25-9-5-3-6-10-25/h2-18,21,30,32,34H,19-20,22-23H2,1H3/t30-,32-,34-/m0/s1. The molecule has 186 valence electrons. The number of benzene rings is 4. The van der Waals surface area contributed by atoms with Gasteiger partial charge in [-0.3, -0.25) is 0 Å². The van der Waals surface area contributed by atoms with Gasteiger partial charge < -0.3 is 14.2 Å². The van der Waals surface area contributed by atoms with Gasteiger partial charge in [-0.05, 0) is 72.7 Å². The summed E-state index contributed by atoms with van der Waals surface area (Å²) in [5.74, 6) is 3.58. The Morgan fingerprint density at radius 1 is 0.730 bits per heavy atom. The van der Waals surface area contributed by atoms with Gasteiger partial charge in [0.1, 0.15) is 36.6 Å². The zero-order chi connectivity index (χ0) is 25.0. The van der Waals surface area contributed by atoms with Gasteiger partial charge in [-0.25, -0.2) is 0 Å². The van der Waals surface area contributed by atoms with Crippen molar-refractivity contribution in [3.05, 3.63) is 137 Å². The van der Waals surface area contributed by atoms with Crippen molar-refractivity contribution in [2.75, 3.05) is 0 Å². The van der Waals surface area contributed by atoms with Crippen LogP contribution in [-0.2, 0) is 13.2 Å². The summed E-state index contributed by atoms with van der Waals surface area (Å²) in [6.07, 6.45) is 4.45. The summed E-state index contributed by atoms with van der Waals surface area (Å²) in [4.78, 5) is 0. The SMILES string of the molecule is CC=C1C[C@H]2[C@@H](C1)c1cc(OCc3ccccc3)ccc1O[C@H]2c1ccc(OCc2ccccc2)cc1. The van der Waals surface area contributed by atoms with Crippen molar-refractivity contribution in [1.82, 2.24) is 0 Å². The highest BCUT2D eigenvalue weighted by molar-refractivity contribution is 5.48. The molecule has 1 aliphatic carbocycles. The number of rotatable bonds is 7. The van der Waals surface area contributed by atoms with E-state index in [2.05, 4.69) is 73.7 Å². The number of allylic oxidation sites excluding steroid dienone is 2. The molecule has 3 nitrogen and oxygen atoms in total. The van der Waals surface area contributed by atoms with Gasteiger partial charge in [-0.2, -0.15) is 0 Å². The molecule has 6 rings (SSSR count). The molecule has 1 fully saturated rings. The van der Waals surface area contributed by atoms with Gasteiger partial charge >= 0.3 is 0 Å². The van der Waals surface area contributed by atoms with E-state index in [9.17, 15) is 0 Å². The molecular weight excluding hydrogens is 456 g/mol. The van der Waals surface area contributed by atoms with Crippen LogP contribution >= 0.6 is 0 Å². The molecule has 0 aromatic heterocycles. The largest absolute Gasteiger partial charge is 0.489 e. The summed E-state index contributed by atoms with van der Waals surface area (Å²) >= 11 is 0. The molecule has 3 atom stereocenters. The molecule has 0 unspecified atom stereocenters. The fourth-order valence-corrected chi connectivity index (χ4v) is 5.64. The number of fused-ring (bicyclic) bond motifs is 3. The number of ether oxygens (including phenoxy) is 3. The first-order chi connectivity index (χ1) is 18.3. The second-order valence-electron chi connectivity index (χ2n) is 9.98. The molecule has 1 aliphatic heterocycles. The molecule has 3 heteroatoms. The first kappa shape index (κ1) is 23.4. The lowest BCUT2D eigenvalue weighted by Gasteiger charge is -2.36. The quantitative estimate of drug-likeness (QED) is 0.244. The van der Waals surface area contributed by atoms with Crippen LogP contribution in [-0.4, -0.2) is 0 Å². The van der Waals surface area contributed by atoms with Crippen LogP contribution in [0.4, 0.5) is 0 Å². The second kappa shape index (κ2) is 10.6. The summed E-state index contributed by atoms with van der Waals surface area (Å²) in [6, 6.07) is 35.3. The van der Waals surface area contributed by atoms with Gasteiger partial charge in [0.05, 0.1) is 0 Å². The van der Waals surface area contributed by atoms with Crippen LogP contribution in [0.2, 0.25) is 0 Å². The second-order valence-corrected chi connectivity index (χ2v) is 9.98. The van der Waals surface area contributed by atoms with Crippen LogP contribution in [0.1, 0.15) is 54.0 Å². The van der Waals surface area contributed by atoms with E-state index in [1.165, 1.54) is 27.8 Å². The summed E-state index contributed by atoms with van der Waals surface area (Å²) in [7, 11) is 0. The van der Waals surface area contributed by atoms with Crippen molar-refractivity contribution in [2.24, 2.45) is 5.92 Å². The molecule has 4 aromatic carbocycles. The van der Waals surface area contributed by atoms with Crippen LogP contribution < -0.4 is 14.2 Å². The van der Waals surface area contributed by atoms with Crippen molar-refractivity contribution in [1.29, 1.82) is 0 Å². The average molecular weight is 489 g/mol. The topological polar surface area (TPSA) is 27.7 Å². The van der Waals surface area contributed by atoms with Crippen molar-refractivity contribution in [3.8, 4) is 17.2 Å². The summed E-state index contributed by atoms with van der Waals surface area (Å²) in [6.45, 7) is 3.29. The van der Waals surface area contributed by atoms with Gasteiger partial charge in [0.25, 0.3) is 0 Å². The first-order valence-electron chi connectivity index (χ1n) is 13.1. The van der Waals surface area contributed by atoms with Crippen LogP contribution in [0.15, 0.2) is 115 Å². The van der Waals surface area contributed by atoms with Crippen molar-refractivity contribution >= 4 is 0 Å². The monoisotopic (exact) mass is 488 g/mol. The normalized spacial score (nSPS) is 21.1. The van der Waals surface area contributed by atoms with Crippen LogP contribution in [0.25, 0.3) is 0 Å². The van der Waals surface area contributed by atoms with Gasteiger partial charge in [0.15, 0.2) is 0 Å². The minimum atomic E-state index is 0.0224. The molecule has 1 saturated carbocycles. The maximum atomic E-state index is 6.69. The van der Waals surface area contributed by atoms with E-state index in [-0.39, 0.29) is 6.10 Å². The van der Waals surface area contributed by atoms with Gasteiger partial charge in [0.2, 0.25) is 0 Å². The fourth-order valence-electron chi connectivity index (χ4n) is 5.64. The summed E-state index contributed by atoms with van der Waals surface area (Å²) < 4.78 is 18.9. The fraction of sp³-hybridized carbons (Fsp3) is 0.235. The smallest absolute Gasteiger partial charge is 0.127 e. The molecule has 0 amide bonds. The third kappa shape index (κ3) is 5.13. The Kier molecular flexibility index (Phi) is 6.68. The maximum Gasteiger partial charge on any atom is 0.127 e. The van der Waals surface area contributed by atoms with E-state index in [0.29, 0.717) is 25.0 Å². The zero-order valence-electron chi connectivity index (χ0n) is 21.2. The molecule has 0 bridgehead atoms. The Bertz CT molecular complexity index is 1360. The molecule has 4 aromatic rings. The summed E-state index contributed by atoms with van der Waals surface area (Å²) in [5, 5.41) is 0. The van der Waals surface area contributed by atoms with E-state index in [0.717, 1.165) is 30.1 Å². The Balaban J connectivity index is 1.21. The van der Waals surface area contributed by atoms with E-state index in [1.807, 2.05) is 42.5 Å². The van der Waals surface area contributed by atoms with Crippen molar-refractivity contribution in [2.45, 2.75) is 45.0 Å². The minimum Gasteiger partial charge on any atom is -0.489 e. The average Bonchev–Trinajstić information content (AvgIpc) is 3.41. The van der Waals surface area contributed by atoms with E-state index in [1.54, 1.807) is 0 Å². The third-order valence-electron chi connectivity index (χ3n) is 7.63. The summed E-state index contributed by atoms with van der Waals surface area (Å²) in [5.41, 5.74) is 6.32. The lowest BCUT2D eigenvalue weighted by Crippen LogP contribution is -2.26. The van der Waals surface area contributed by atoms with Crippen LogP contribution in [0, 0.1) is 5.92 Å². The van der Waals surface area contributed by atoms with E-state index < -0.39 is 0 Å². The maximum absolute atomic E-state index is 6.69. The Morgan fingerprint density at radius 3 is 2.00 bits per heavy atom. The Hall–Kier alpha value is -3.98. The first-order valence-corrected chi connectivity index (χ1v) is 13.1. The molecule has 1 heterocycles. The lowest BCUT2D eigenvalue weighted by molar-refractivity contribution is 0.104. The molecule has 0 spiro atoms. The molecular formula is C34H32O3. The highest BCUT2D eigenvalue weighted by Gasteiger charge is 2.43. The molecule has 2 aliphatic rings. The van der Waals surface area contributed by atoms with Gasteiger partial charge in [-0.15, -0.1) is 0 Å². The van der Waals surface area contributed by atoms with Crippen molar-refractivity contribution in [3.63, 3.8) is 0 Å². The Morgan fingerprint density at radius 2 is 1.35 bits per heavy atom. The molecule has 37 heavy (non-hydrogen) atoms. The minimum absolute atomic E-state index is 0.0224. The third-order valence-corrected chi connectivity index (χ3v) is 7.63. The number of hydrogen-bond donors (Lipinski definition) is 0. The predicted molar refractivity (Wildman–Crippen MR) is 147 cm³/mol. The lowest BCUT2D eigenvalue weighted by atomic mass is 9.80.